The average molecular weight is 587 g/mol. The van der Waals surface area contributed by atoms with Crippen molar-refractivity contribution in [3.05, 3.63) is 58.2 Å². The third kappa shape index (κ3) is 6.19. The molecule has 0 aliphatic heterocycles. The van der Waals surface area contributed by atoms with Crippen LogP contribution in [0.3, 0.4) is 0 Å². The number of aromatic carboxylic acids is 1. The molecule has 3 aromatic rings. The van der Waals surface area contributed by atoms with Gasteiger partial charge in [0.05, 0.1) is 23.9 Å². The van der Waals surface area contributed by atoms with E-state index in [1.54, 1.807) is 6.07 Å². The molecule has 39 heavy (non-hydrogen) atoms. The van der Waals surface area contributed by atoms with Crippen molar-refractivity contribution in [2.24, 2.45) is 5.41 Å². The van der Waals surface area contributed by atoms with Crippen LogP contribution in [0.1, 0.15) is 66.9 Å². The second kappa shape index (κ2) is 10.4. The van der Waals surface area contributed by atoms with E-state index in [1.807, 2.05) is 0 Å². The highest BCUT2D eigenvalue weighted by Crippen LogP contribution is 2.45. The van der Waals surface area contributed by atoms with E-state index in [9.17, 15) is 30.8 Å². The second-order valence-electron chi connectivity index (χ2n) is 10.2. The Morgan fingerprint density at radius 2 is 1.85 bits per heavy atom. The maximum absolute atomic E-state index is 14.2. The summed E-state index contributed by atoms with van der Waals surface area (Å²) in [7, 11) is -3.36. The number of methoxy groups -OCH3 is 1. The number of sulfonamides is 1. The number of hydrogen-bond acceptors (Lipinski definition) is 6. The van der Waals surface area contributed by atoms with Crippen LogP contribution < -0.4 is 9.46 Å². The molecule has 1 aliphatic rings. The highest BCUT2D eigenvalue weighted by atomic mass is 32.2. The fraction of sp³-hybridized carbons (Fsp3) is 0.385. The molecule has 1 saturated carbocycles. The van der Waals surface area contributed by atoms with Gasteiger partial charge in [0, 0.05) is 17.0 Å². The van der Waals surface area contributed by atoms with Crippen molar-refractivity contribution in [1.82, 2.24) is 4.98 Å². The van der Waals surface area contributed by atoms with Crippen molar-refractivity contribution < 1.29 is 40.6 Å². The van der Waals surface area contributed by atoms with Gasteiger partial charge in [0.2, 0.25) is 0 Å². The quantitative estimate of drug-likeness (QED) is 0.285. The lowest BCUT2D eigenvalue weighted by Gasteiger charge is -2.34. The molecule has 0 unspecified atom stereocenters. The summed E-state index contributed by atoms with van der Waals surface area (Å²) < 4.78 is 89.4. The van der Waals surface area contributed by atoms with E-state index in [2.05, 4.69) is 23.6 Å². The van der Waals surface area contributed by atoms with E-state index >= 15 is 0 Å². The molecule has 0 spiro atoms. The van der Waals surface area contributed by atoms with E-state index in [0.717, 1.165) is 61.6 Å². The Labute approximate surface area is 226 Å². The molecule has 0 saturated heterocycles. The normalized spacial score (nSPS) is 16.2. The summed E-state index contributed by atoms with van der Waals surface area (Å²) in [5, 5.41) is 9.40. The summed E-state index contributed by atoms with van der Waals surface area (Å²) in [5.74, 6) is -3.05. The third-order valence-corrected chi connectivity index (χ3v) is 9.19. The Bertz CT molecular complexity index is 1510. The number of thiazole rings is 1. The molecular weight excluding hydrogens is 560 g/mol. The first-order valence-corrected chi connectivity index (χ1v) is 14.3. The molecule has 2 aromatic carbocycles. The predicted molar refractivity (Wildman–Crippen MR) is 138 cm³/mol. The summed E-state index contributed by atoms with van der Waals surface area (Å²) in [6, 6.07) is 5.54. The first-order valence-electron chi connectivity index (χ1n) is 11.9. The van der Waals surface area contributed by atoms with Crippen LogP contribution in [-0.2, 0) is 16.2 Å². The minimum atomic E-state index is -4.70. The SMILES string of the molecule is COc1cc(C(=O)O)c(F)cc1NS(=O)(=O)c1csc(-c2ccc(C3CCC(C)(C)CC3)cc2C(F)(F)F)n1. The number of alkyl halides is 3. The second-order valence-corrected chi connectivity index (χ2v) is 12.7. The molecule has 1 aromatic heterocycles. The van der Waals surface area contributed by atoms with E-state index in [0.29, 0.717) is 11.6 Å². The lowest BCUT2D eigenvalue weighted by molar-refractivity contribution is -0.137. The highest BCUT2D eigenvalue weighted by molar-refractivity contribution is 7.92. The Balaban J connectivity index is 1.66. The maximum atomic E-state index is 14.2. The first-order chi connectivity index (χ1) is 18.1. The van der Waals surface area contributed by atoms with Crippen LogP contribution in [0.25, 0.3) is 10.6 Å². The smallest absolute Gasteiger partial charge is 0.417 e. The molecule has 13 heteroatoms. The summed E-state index contributed by atoms with van der Waals surface area (Å²) in [4.78, 5) is 15.1. The number of aromatic nitrogens is 1. The molecule has 0 atom stereocenters. The van der Waals surface area contributed by atoms with Crippen molar-refractivity contribution in [3.8, 4) is 16.3 Å². The van der Waals surface area contributed by atoms with Gasteiger partial charge >= 0.3 is 12.1 Å². The Kier molecular flexibility index (Phi) is 7.69. The summed E-state index contributed by atoms with van der Waals surface area (Å²) in [6.45, 7) is 4.29. The van der Waals surface area contributed by atoms with Crippen molar-refractivity contribution in [1.29, 1.82) is 0 Å². The Hall–Kier alpha value is -3.19. The van der Waals surface area contributed by atoms with Crippen LogP contribution in [0.4, 0.5) is 23.2 Å². The van der Waals surface area contributed by atoms with Crippen molar-refractivity contribution in [3.63, 3.8) is 0 Å². The lowest BCUT2D eigenvalue weighted by Crippen LogP contribution is -2.20. The number of carbonyl (C=O) groups is 1. The van der Waals surface area contributed by atoms with Crippen molar-refractivity contribution in [2.45, 2.75) is 56.7 Å². The number of anilines is 1. The topological polar surface area (TPSA) is 106 Å². The van der Waals surface area contributed by atoms with Gasteiger partial charge in [-0.3, -0.25) is 4.72 Å². The molecule has 4 rings (SSSR count). The zero-order valence-electron chi connectivity index (χ0n) is 21.2. The van der Waals surface area contributed by atoms with Gasteiger partial charge in [-0.1, -0.05) is 26.0 Å². The number of carboxylic acid groups (broad SMARTS) is 1. The van der Waals surface area contributed by atoms with E-state index in [-0.39, 0.29) is 27.7 Å². The van der Waals surface area contributed by atoms with Crippen molar-refractivity contribution >= 4 is 33.0 Å². The number of halogens is 4. The van der Waals surface area contributed by atoms with Gasteiger partial charge in [-0.2, -0.15) is 21.6 Å². The fourth-order valence-corrected chi connectivity index (χ4v) is 6.83. The molecular formula is C26H26F4N2O5S2. The number of rotatable bonds is 7. The molecule has 7 nitrogen and oxygen atoms in total. The molecule has 1 heterocycles. The maximum Gasteiger partial charge on any atom is 0.417 e. The molecule has 1 aliphatic carbocycles. The van der Waals surface area contributed by atoms with Gasteiger partial charge < -0.3 is 9.84 Å². The summed E-state index contributed by atoms with van der Waals surface area (Å²) >= 11 is 0.718. The van der Waals surface area contributed by atoms with E-state index in [4.69, 9.17) is 9.84 Å². The number of nitrogens with zero attached hydrogens (tertiary/aromatic N) is 1. The Morgan fingerprint density at radius 1 is 1.18 bits per heavy atom. The van der Waals surface area contributed by atoms with Crippen LogP contribution in [0.2, 0.25) is 0 Å². The number of carboxylic acids is 1. The van der Waals surface area contributed by atoms with Gasteiger partial charge in [0.15, 0.2) is 5.03 Å². The van der Waals surface area contributed by atoms with Crippen LogP contribution in [0.15, 0.2) is 40.7 Å². The summed E-state index contributed by atoms with van der Waals surface area (Å²) in [5.41, 5.74) is -1.52. The molecule has 1 fully saturated rings. The predicted octanol–water partition coefficient (Wildman–Crippen LogP) is 7.16. The molecule has 0 bridgehead atoms. The first kappa shape index (κ1) is 28.8. The molecule has 2 N–H and O–H groups in total. The van der Waals surface area contributed by atoms with Gasteiger partial charge in [0.1, 0.15) is 16.6 Å². The van der Waals surface area contributed by atoms with Gasteiger partial charge in [0.25, 0.3) is 10.0 Å². The number of benzene rings is 2. The van der Waals surface area contributed by atoms with Crippen LogP contribution in [0.5, 0.6) is 5.75 Å². The van der Waals surface area contributed by atoms with Crippen LogP contribution >= 0.6 is 11.3 Å². The molecule has 210 valence electrons. The van der Waals surface area contributed by atoms with Gasteiger partial charge in [-0.05, 0) is 54.7 Å². The molecule has 0 amide bonds. The monoisotopic (exact) mass is 586 g/mol. The number of nitrogens with one attached hydrogen (secondary N) is 1. The molecule has 0 radical (unpaired) electrons. The van der Waals surface area contributed by atoms with Gasteiger partial charge in [-0.25, -0.2) is 14.2 Å². The minimum Gasteiger partial charge on any atom is -0.495 e. The van der Waals surface area contributed by atoms with Crippen molar-refractivity contribution in [2.75, 3.05) is 11.8 Å². The largest absolute Gasteiger partial charge is 0.495 e. The zero-order chi connectivity index (χ0) is 28.8. The Morgan fingerprint density at radius 3 is 2.44 bits per heavy atom. The highest BCUT2D eigenvalue weighted by Gasteiger charge is 2.36. The van der Waals surface area contributed by atoms with Crippen LogP contribution in [-0.4, -0.2) is 31.6 Å². The fourth-order valence-electron chi connectivity index (χ4n) is 4.64. The minimum absolute atomic E-state index is 0.00694. The lowest BCUT2D eigenvalue weighted by atomic mass is 9.71. The van der Waals surface area contributed by atoms with Crippen LogP contribution in [0, 0.1) is 11.2 Å². The average Bonchev–Trinajstić information content (AvgIpc) is 3.34. The number of hydrogen-bond donors (Lipinski definition) is 2. The third-order valence-electron chi connectivity index (χ3n) is 6.91. The van der Waals surface area contributed by atoms with E-state index in [1.165, 1.54) is 6.07 Å². The number of ether oxygens (including phenoxy) is 1. The summed E-state index contributed by atoms with van der Waals surface area (Å²) in [6.07, 6.45) is -1.30. The van der Waals surface area contributed by atoms with Gasteiger partial charge in [-0.15, -0.1) is 11.3 Å². The zero-order valence-corrected chi connectivity index (χ0v) is 22.9. The van der Waals surface area contributed by atoms with E-state index < -0.39 is 49.8 Å². The standard InChI is InChI=1S/C26H26F4N2O5S2/c1-25(2)8-6-14(7-9-25)15-4-5-16(18(10-15)26(28,29)30)23-31-22(13-38-23)39(35,36)32-20-12-19(27)17(24(33)34)11-21(20)37-3/h4-5,10-14,32H,6-9H2,1-3H3,(H,33,34).